The van der Waals surface area contributed by atoms with Crippen molar-refractivity contribution in [2.45, 2.75) is 22.9 Å². The summed E-state index contributed by atoms with van der Waals surface area (Å²) in [6.07, 6.45) is -4.37. The molecule has 1 N–H and O–H groups in total. The molecule has 0 saturated carbocycles. The smallest absolute Gasteiger partial charge is 0.295 e. The molecule has 0 aromatic heterocycles. The van der Waals surface area contributed by atoms with Gasteiger partial charge in [-0.3, -0.25) is 9.52 Å². The van der Waals surface area contributed by atoms with Crippen molar-refractivity contribution in [3.63, 3.8) is 0 Å². The van der Waals surface area contributed by atoms with Crippen molar-refractivity contribution in [1.82, 2.24) is 0 Å². The molecule has 0 aliphatic carbocycles. The van der Waals surface area contributed by atoms with Gasteiger partial charge in [-0.25, -0.2) is 8.42 Å². The molecule has 0 aliphatic heterocycles. The Balaban J connectivity index is 2.29. The minimum atomic E-state index is -4.37. The van der Waals surface area contributed by atoms with Crippen molar-refractivity contribution < 1.29 is 26.4 Å². The van der Waals surface area contributed by atoms with Crippen LogP contribution in [0, 0.1) is 0 Å². The lowest BCUT2D eigenvalue weighted by atomic mass is 10.2. The van der Waals surface area contributed by atoms with Crippen LogP contribution < -0.4 is 4.72 Å². The molecule has 0 radical (unpaired) electrons. The van der Waals surface area contributed by atoms with Crippen LogP contribution in [0.4, 0.5) is 18.9 Å². The van der Waals surface area contributed by atoms with E-state index >= 15 is 0 Å². The summed E-state index contributed by atoms with van der Waals surface area (Å²) in [6.45, 7) is 1.31. The Morgan fingerprint density at radius 2 is 1.80 bits per heavy atom. The van der Waals surface area contributed by atoms with Gasteiger partial charge in [-0.05, 0) is 31.2 Å². The van der Waals surface area contributed by atoms with Gasteiger partial charge >= 0.3 is 6.18 Å². The molecule has 0 unspecified atom stereocenters. The lowest BCUT2D eigenvalue weighted by molar-refractivity contribution is -0.105. The molecule has 2 aromatic rings. The highest BCUT2D eigenvalue weighted by Crippen LogP contribution is 2.33. The first-order chi connectivity index (χ1) is 11.6. The second-order valence-corrected chi connectivity index (χ2v) is 7.79. The average molecular weight is 389 g/mol. The highest BCUT2D eigenvalue weighted by molar-refractivity contribution is 7.99. The molecule has 0 spiro atoms. The summed E-state index contributed by atoms with van der Waals surface area (Å²) >= 11 is 0.492. The SMILES string of the molecule is CC(=O)c1cccc(S(=O)(=O)Nc2ccccc2SCC(F)(F)F)c1. The van der Waals surface area contributed by atoms with Crippen LogP contribution in [0.15, 0.2) is 58.3 Å². The zero-order valence-electron chi connectivity index (χ0n) is 13.0. The van der Waals surface area contributed by atoms with E-state index in [1.807, 2.05) is 0 Å². The number of Topliss-reactive ketones (excluding diaryl/α,β-unsaturated/α-hetero) is 1. The maximum absolute atomic E-state index is 12.5. The molecule has 0 bridgehead atoms. The van der Waals surface area contributed by atoms with E-state index in [0.717, 1.165) is 0 Å². The van der Waals surface area contributed by atoms with E-state index in [1.54, 1.807) is 0 Å². The third kappa shape index (κ3) is 5.50. The van der Waals surface area contributed by atoms with E-state index in [0.29, 0.717) is 11.8 Å². The summed E-state index contributed by atoms with van der Waals surface area (Å²) in [5, 5.41) is 0. The van der Waals surface area contributed by atoms with Gasteiger partial charge < -0.3 is 0 Å². The number of hydrogen-bond donors (Lipinski definition) is 1. The van der Waals surface area contributed by atoms with E-state index in [2.05, 4.69) is 4.72 Å². The van der Waals surface area contributed by atoms with Crippen LogP contribution in [0.1, 0.15) is 17.3 Å². The summed E-state index contributed by atoms with van der Waals surface area (Å²) in [4.78, 5) is 11.4. The largest absolute Gasteiger partial charge is 0.398 e. The van der Waals surface area contributed by atoms with Crippen molar-refractivity contribution in [1.29, 1.82) is 0 Å². The van der Waals surface area contributed by atoms with Crippen molar-refractivity contribution >= 4 is 33.3 Å². The van der Waals surface area contributed by atoms with Crippen LogP contribution in [-0.4, -0.2) is 26.1 Å². The highest BCUT2D eigenvalue weighted by Gasteiger charge is 2.28. The number of nitrogens with one attached hydrogen (secondary N) is 1. The summed E-state index contributed by atoms with van der Waals surface area (Å²) in [5.41, 5.74) is 0.271. The average Bonchev–Trinajstić information content (AvgIpc) is 2.53. The predicted octanol–water partition coefficient (Wildman–Crippen LogP) is 4.34. The first-order valence-corrected chi connectivity index (χ1v) is 9.48. The predicted molar refractivity (Wildman–Crippen MR) is 90.5 cm³/mol. The standard InChI is InChI=1S/C16H14F3NO3S2/c1-11(21)12-5-4-6-13(9-12)25(22,23)20-14-7-2-3-8-15(14)24-10-16(17,18)19/h2-9,20H,10H2,1H3. The van der Waals surface area contributed by atoms with Gasteiger partial charge in [0.1, 0.15) is 0 Å². The van der Waals surface area contributed by atoms with Gasteiger partial charge in [0.25, 0.3) is 10.0 Å². The van der Waals surface area contributed by atoms with Crippen LogP contribution in [-0.2, 0) is 10.0 Å². The molecule has 2 aromatic carbocycles. The maximum Gasteiger partial charge on any atom is 0.398 e. The molecular weight excluding hydrogens is 375 g/mol. The van der Waals surface area contributed by atoms with Crippen molar-refractivity contribution in [3.8, 4) is 0 Å². The Morgan fingerprint density at radius 3 is 2.44 bits per heavy atom. The Kier molecular flexibility index (Phi) is 5.79. The van der Waals surface area contributed by atoms with Crippen LogP contribution >= 0.6 is 11.8 Å². The third-order valence-corrected chi connectivity index (χ3v) is 5.58. The van der Waals surface area contributed by atoms with Gasteiger partial charge in [0.15, 0.2) is 5.78 Å². The van der Waals surface area contributed by atoms with E-state index in [1.165, 1.54) is 55.5 Å². The molecule has 4 nitrogen and oxygen atoms in total. The topological polar surface area (TPSA) is 63.2 Å². The number of rotatable bonds is 6. The number of para-hydroxylation sites is 1. The summed E-state index contributed by atoms with van der Waals surface area (Å²) in [7, 11) is -4.04. The lowest BCUT2D eigenvalue weighted by Crippen LogP contribution is -2.15. The Hall–Kier alpha value is -2.00. The normalized spacial score (nSPS) is 12.0. The lowest BCUT2D eigenvalue weighted by Gasteiger charge is -2.13. The maximum atomic E-state index is 12.5. The third-order valence-electron chi connectivity index (χ3n) is 3.07. The Bertz CT molecular complexity index is 880. The second-order valence-electron chi connectivity index (χ2n) is 5.09. The number of hydrogen-bond acceptors (Lipinski definition) is 4. The molecule has 134 valence electrons. The first-order valence-electron chi connectivity index (χ1n) is 7.01. The molecule has 0 amide bonds. The fourth-order valence-electron chi connectivity index (χ4n) is 1.92. The van der Waals surface area contributed by atoms with Gasteiger partial charge in [0.05, 0.1) is 16.3 Å². The summed E-state index contributed by atoms with van der Waals surface area (Å²) < 4.78 is 64.4. The molecular formula is C16H14F3NO3S2. The fourth-order valence-corrected chi connectivity index (χ4v) is 3.88. The fraction of sp³-hybridized carbons (Fsp3) is 0.188. The number of sulfonamides is 1. The second kappa shape index (κ2) is 7.49. The van der Waals surface area contributed by atoms with Gasteiger partial charge in [-0.15, -0.1) is 11.8 Å². The quantitative estimate of drug-likeness (QED) is 0.590. The van der Waals surface area contributed by atoms with Crippen molar-refractivity contribution in [3.05, 3.63) is 54.1 Å². The molecule has 2 rings (SSSR count). The number of carbonyl (C=O) groups excluding carboxylic acids is 1. The van der Waals surface area contributed by atoms with E-state index < -0.39 is 22.0 Å². The zero-order chi connectivity index (χ0) is 18.7. The Labute approximate surface area is 147 Å². The molecule has 0 atom stereocenters. The van der Waals surface area contributed by atoms with Gasteiger partial charge in [0.2, 0.25) is 0 Å². The van der Waals surface area contributed by atoms with Crippen LogP contribution in [0.5, 0.6) is 0 Å². The number of carbonyl (C=O) groups is 1. The van der Waals surface area contributed by atoms with Crippen molar-refractivity contribution in [2.75, 3.05) is 10.5 Å². The number of benzene rings is 2. The monoisotopic (exact) mass is 389 g/mol. The minimum absolute atomic E-state index is 0.0463. The highest BCUT2D eigenvalue weighted by atomic mass is 32.2. The number of alkyl halides is 3. The van der Waals surface area contributed by atoms with Crippen molar-refractivity contribution in [2.24, 2.45) is 0 Å². The molecule has 0 aliphatic rings. The zero-order valence-corrected chi connectivity index (χ0v) is 14.6. The number of ketones is 1. The summed E-state index contributed by atoms with van der Waals surface area (Å²) in [6, 6.07) is 11.3. The van der Waals surface area contributed by atoms with E-state index in [4.69, 9.17) is 0 Å². The minimum Gasteiger partial charge on any atom is -0.295 e. The van der Waals surface area contributed by atoms with Crippen LogP contribution in [0.2, 0.25) is 0 Å². The number of anilines is 1. The van der Waals surface area contributed by atoms with Crippen LogP contribution in [0.25, 0.3) is 0 Å². The van der Waals surface area contributed by atoms with Gasteiger partial charge in [-0.1, -0.05) is 24.3 Å². The van der Waals surface area contributed by atoms with Gasteiger partial charge in [0, 0.05) is 10.5 Å². The molecule has 25 heavy (non-hydrogen) atoms. The first kappa shape index (κ1) is 19.3. The molecule has 0 saturated heterocycles. The Morgan fingerprint density at radius 1 is 1.12 bits per heavy atom. The molecule has 9 heteroatoms. The molecule has 0 fully saturated rings. The summed E-state index contributed by atoms with van der Waals surface area (Å²) in [5.74, 6) is -1.43. The van der Waals surface area contributed by atoms with E-state index in [9.17, 15) is 26.4 Å². The molecule has 0 heterocycles. The number of thioether (sulfide) groups is 1. The van der Waals surface area contributed by atoms with E-state index in [-0.39, 0.29) is 26.8 Å². The van der Waals surface area contributed by atoms with Gasteiger partial charge in [-0.2, -0.15) is 13.2 Å². The number of halogens is 3. The van der Waals surface area contributed by atoms with Crippen LogP contribution in [0.3, 0.4) is 0 Å².